The van der Waals surface area contributed by atoms with Gasteiger partial charge < -0.3 is 4.84 Å². The fourth-order valence-corrected chi connectivity index (χ4v) is 0.0677. The second-order valence-corrected chi connectivity index (χ2v) is 0.497. The van der Waals surface area contributed by atoms with Crippen LogP contribution in [0.5, 0.6) is 0 Å². The molecule has 0 aromatic rings. The van der Waals surface area contributed by atoms with Crippen LogP contribution in [0, 0.1) is 19.5 Å². The van der Waals surface area contributed by atoms with Crippen molar-refractivity contribution < 1.29 is 4.84 Å². The highest BCUT2D eigenvalue weighted by atomic mass is 16.6. The number of rotatable bonds is 1. The largest absolute Gasteiger partial charge is 0.304 e. The summed E-state index contributed by atoms with van der Waals surface area (Å²) >= 11 is 0. The molecule has 0 saturated carbocycles. The Morgan fingerprint density at radius 3 is 2.83 bits per heavy atom. The number of nitrogens with zero attached hydrogens (tertiary/aromatic N) is 1. The predicted octanol–water partition coefficient (Wildman–Crippen LogP) is 0.414. The summed E-state index contributed by atoms with van der Waals surface area (Å²) in [5.41, 5.74) is 0. The smallest absolute Gasteiger partial charge is 0.145 e. The van der Waals surface area contributed by atoms with Gasteiger partial charge in [-0.3, -0.25) is 0 Å². The highest BCUT2D eigenvalue weighted by molar-refractivity contribution is 5.60. The van der Waals surface area contributed by atoms with E-state index in [1.165, 1.54) is 6.21 Å². The Bertz CT molecular complexity index is 80.0. The minimum absolute atomic E-state index is 1.22. The second-order valence-electron chi connectivity index (χ2n) is 0.497. The lowest BCUT2D eigenvalue weighted by Crippen LogP contribution is -1.63. The summed E-state index contributed by atoms with van der Waals surface area (Å²) in [5, 5.41) is 3.12. The molecule has 0 bridgehead atoms. The molecular formula is C4H4NO. The molecule has 0 saturated heterocycles. The standard InChI is InChI=1S/C4H4NO/c1-3-5-6-4-2/h2-3H,1H2. The summed E-state index contributed by atoms with van der Waals surface area (Å²) < 4.78 is 0. The summed E-state index contributed by atoms with van der Waals surface area (Å²) in [6.45, 7) is 3.21. The van der Waals surface area contributed by atoms with E-state index < -0.39 is 0 Å². The van der Waals surface area contributed by atoms with Crippen LogP contribution in [0.4, 0.5) is 0 Å². The topological polar surface area (TPSA) is 21.6 Å². The molecule has 0 aliphatic carbocycles. The van der Waals surface area contributed by atoms with E-state index in [1.54, 1.807) is 0 Å². The second kappa shape index (κ2) is 4.03. The molecule has 0 heterocycles. The summed E-state index contributed by atoms with van der Waals surface area (Å²) in [7, 11) is 0. The Morgan fingerprint density at radius 1 is 2.00 bits per heavy atom. The van der Waals surface area contributed by atoms with E-state index in [0.29, 0.717) is 0 Å². The van der Waals surface area contributed by atoms with Crippen molar-refractivity contribution in [1.29, 1.82) is 0 Å². The number of hydrogen-bond acceptors (Lipinski definition) is 2. The molecule has 0 atom stereocenters. The zero-order chi connectivity index (χ0) is 4.83. The highest BCUT2D eigenvalue weighted by Gasteiger charge is 1.53. The molecule has 0 rings (SSSR count). The Kier molecular flexibility index (Phi) is 3.38. The summed E-state index contributed by atoms with van der Waals surface area (Å²) in [6, 6.07) is 0. The van der Waals surface area contributed by atoms with E-state index in [4.69, 9.17) is 0 Å². The molecule has 0 fully saturated rings. The molecule has 2 nitrogen and oxygen atoms in total. The molecule has 2 heteroatoms. The third kappa shape index (κ3) is 3.03. The third-order valence-corrected chi connectivity index (χ3v) is 0.180. The molecule has 0 spiro atoms. The minimum atomic E-state index is 1.22. The molecule has 1 radical (unpaired) electrons. The van der Waals surface area contributed by atoms with E-state index in [1.807, 2.05) is 6.11 Å². The van der Waals surface area contributed by atoms with E-state index in [-0.39, 0.29) is 0 Å². The summed E-state index contributed by atoms with van der Waals surface area (Å²) in [4.78, 5) is 4.02. The van der Waals surface area contributed by atoms with Gasteiger partial charge in [0, 0.05) is 6.21 Å². The van der Waals surface area contributed by atoms with Crippen LogP contribution in [0.15, 0.2) is 5.16 Å². The van der Waals surface area contributed by atoms with E-state index in [0.717, 1.165) is 0 Å². The zero-order valence-corrected chi connectivity index (χ0v) is 3.22. The van der Waals surface area contributed by atoms with Crippen LogP contribution in [0.3, 0.4) is 0 Å². The fraction of sp³-hybridized carbons (Fsp3) is 0. The van der Waals surface area contributed by atoms with Gasteiger partial charge in [0.1, 0.15) is 6.11 Å². The van der Waals surface area contributed by atoms with Gasteiger partial charge in [-0.05, 0) is 6.92 Å². The maximum atomic E-state index is 4.60. The highest BCUT2D eigenvalue weighted by Crippen LogP contribution is 1.62. The van der Waals surface area contributed by atoms with Crippen molar-refractivity contribution in [1.82, 2.24) is 0 Å². The normalized spacial score (nSPS) is 8.00. The van der Waals surface area contributed by atoms with Crippen molar-refractivity contribution in [2.45, 2.75) is 0 Å². The van der Waals surface area contributed by atoms with Crippen LogP contribution in [-0.2, 0) is 4.84 Å². The molecule has 0 aromatic carbocycles. The van der Waals surface area contributed by atoms with Gasteiger partial charge in [0.2, 0.25) is 0 Å². The number of oxime groups is 1. The quantitative estimate of drug-likeness (QED) is 0.255. The van der Waals surface area contributed by atoms with Gasteiger partial charge in [-0.25, -0.2) is 0 Å². The maximum absolute atomic E-state index is 4.60. The van der Waals surface area contributed by atoms with Gasteiger partial charge in [0.15, 0.2) is 0 Å². The predicted molar refractivity (Wildman–Crippen MR) is 23.8 cm³/mol. The molecule has 0 amide bonds. The first-order chi connectivity index (χ1) is 2.91. The van der Waals surface area contributed by atoms with Gasteiger partial charge in [-0.2, -0.15) is 0 Å². The van der Waals surface area contributed by atoms with Crippen molar-refractivity contribution in [2.75, 3.05) is 0 Å². The van der Waals surface area contributed by atoms with E-state index in [2.05, 4.69) is 23.3 Å². The first kappa shape index (κ1) is 5.03. The Hall–Kier alpha value is -0.970. The molecule has 0 N–H and O–H groups in total. The van der Waals surface area contributed by atoms with E-state index >= 15 is 0 Å². The third-order valence-electron chi connectivity index (χ3n) is 0.180. The van der Waals surface area contributed by atoms with Crippen LogP contribution in [0.2, 0.25) is 0 Å². The van der Waals surface area contributed by atoms with Gasteiger partial charge in [-0.15, -0.1) is 0 Å². The van der Waals surface area contributed by atoms with Crippen molar-refractivity contribution in [3.8, 4) is 12.5 Å². The van der Waals surface area contributed by atoms with Gasteiger partial charge >= 0.3 is 0 Å². The van der Waals surface area contributed by atoms with Crippen LogP contribution < -0.4 is 0 Å². The molecular weight excluding hydrogens is 78.0 g/mol. The SMILES string of the molecule is C#CON=C[CH2]. The summed E-state index contributed by atoms with van der Waals surface area (Å²) in [5.74, 6) is 0. The van der Waals surface area contributed by atoms with E-state index in [9.17, 15) is 0 Å². The fourth-order valence-electron chi connectivity index (χ4n) is 0.0677. The monoisotopic (exact) mass is 82.0 g/mol. The van der Waals surface area contributed by atoms with Crippen molar-refractivity contribution in [3.05, 3.63) is 6.92 Å². The molecule has 0 aliphatic heterocycles. The Morgan fingerprint density at radius 2 is 2.67 bits per heavy atom. The first-order valence-corrected chi connectivity index (χ1v) is 1.34. The van der Waals surface area contributed by atoms with Crippen molar-refractivity contribution >= 4 is 6.21 Å². The molecule has 6 heavy (non-hydrogen) atoms. The van der Waals surface area contributed by atoms with Gasteiger partial charge in [-0.1, -0.05) is 11.6 Å². The average Bonchev–Trinajstić information content (AvgIpc) is 1.61. The lowest BCUT2D eigenvalue weighted by molar-refractivity contribution is 0.302. The molecule has 0 aromatic heterocycles. The lowest BCUT2D eigenvalue weighted by atomic mass is 10.9. The van der Waals surface area contributed by atoms with Crippen LogP contribution in [0.1, 0.15) is 0 Å². The maximum Gasteiger partial charge on any atom is 0.145 e. The van der Waals surface area contributed by atoms with Gasteiger partial charge in [0.25, 0.3) is 0 Å². The first-order valence-electron chi connectivity index (χ1n) is 1.34. The molecule has 0 aliphatic rings. The van der Waals surface area contributed by atoms with Crippen LogP contribution >= 0.6 is 0 Å². The van der Waals surface area contributed by atoms with Crippen LogP contribution in [0.25, 0.3) is 0 Å². The lowest BCUT2D eigenvalue weighted by Gasteiger charge is -1.72. The van der Waals surface area contributed by atoms with Crippen LogP contribution in [-0.4, -0.2) is 6.21 Å². The number of terminal acetylenes is 1. The average molecular weight is 82.1 g/mol. The minimum Gasteiger partial charge on any atom is -0.304 e. The molecule has 0 unspecified atom stereocenters. The Balaban J connectivity index is 2.92. The van der Waals surface area contributed by atoms with Gasteiger partial charge in [0.05, 0.1) is 0 Å². The summed E-state index contributed by atoms with van der Waals surface area (Å²) in [6.07, 6.45) is 7.65. The van der Waals surface area contributed by atoms with Crippen molar-refractivity contribution in [2.24, 2.45) is 5.16 Å². The van der Waals surface area contributed by atoms with Crippen molar-refractivity contribution in [3.63, 3.8) is 0 Å². The number of hydrogen-bond donors (Lipinski definition) is 0. The zero-order valence-electron chi connectivity index (χ0n) is 3.22. The Labute approximate surface area is 36.8 Å². The molecule has 31 valence electrons.